The lowest BCUT2D eigenvalue weighted by atomic mass is 10.7. The van der Waals surface area contributed by atoms with E-state index in [0.29, 0.717) is 0 Å². The fourth-order valence-corrected chi connectivity index (χ4v) is 0.361. The Bertz CT molecular complexity index is 34.7. The first-order chi connectivity index (χ1) is 3.91. The van der Waals surface area contributed by atoms with E-state index in [1.807, 2.05) is 0 Å². The van der Waals surface area contributed by atoms with Crippen molar-refractivity contribution in [2.75, 3.05) is 19.9 Å². The van der Waals surface area contributed by atoms with Gasteiger partial charge >= 0.3 is 0 Å². The minimum atomic E-state index is 0.750. The molecule has 3 nitrogen and oxygen atoms in total. The Kier molecular flexibility index (Phi) is 7.60. The minimum absolute atomic E-state index is 0.750. The molecule has 1 N–H and O–H groups in total. The average molecular weight is 151 g/mol. The van der Waals surface area contributed by atoms with Crippen molar-refractivity contribution in [3.63, 3.8) is 0 Å². The third kappa shape index (κ3) is 6.31. The van der Waals surface area contributed by atoms with Crippen molar-refractivity contribution >= 4 is 21.0 Å². The summed E-state index contributed by atoms with van der Waals surface area (Å²) in [6.07, 6.45) is 0. The standard InChI is InChI=1S/C3H7NO.H6OSi2/c1-2-5-3-4-1;2-1-3/h4H,1-3H2;2-3H3. The van der Waals surface area contributed by atoms with Gasteiger partial charge in [-0.05, 0) is 0 Å². The first-order valence-corrected chi connectivity index (χ1v) is 4.23. The Morgan fingerprint density at radius 2 is 2.12 bits per heavy atom. The van der Waals surface area contributed by atoms with Crippen LogP contribution in [0.4, 0.5) is 0 Å². The molecule has 0 unspecified atom stereocenters. The molecular formula is C3H13NO2Si2. The Balaban J connectivity index is 0.000000145. The summed E-state index contributed by atoms with van der Waals surface area (Å²) in [5.74, 6) is 0. The van der Waals surface area contributed by atoms with Gasteiger partial charge in [0, 0.05) is 6.54 Å². The van der Waals surface area contributed by atoms with Crippen LogP contribution in [0.5, 0.6) is 0 Å². The molecule has 1 saturated heterocycles. The van der Waals surface area contributed by atoms with Gasteiger partial charge in [0.05, 0.1) is 13.3 Å². The number of rotatable bonds is 0. The Labute approximate surface area is 55.8 Å². The van der Waals surface area contributed by atoms with Crippen molar-refractivity contribution in [2.24, 2.45) is 0 Å². The zero-order valence-electron chi connectivity index (χ0n) is 5.44. The lowest BCUT2D eigenvalue weighted by Crippen LogP contribution is -2.05. The summed E-state index contributed by atoms with van der Waals surface area (Å²) in [7, 11) is 1.86. The lowest BCUT2D eigenvalue weighted by Gasteiger charge is -1.76. The number of hydrogen-bond acceptors (Lipinski definition) is 3. The van der Waals surface area contributed by atoms with Crippen LogP contribution in [0.2, 0.25) is 0 Å². The first-order valence-electron chi connectivity index (χ1n) is 2.60. The van der Waals surface area contributed by atoms with Gasteiger partial charge < -0.3 is 8.85 Å². The minimum Gasteiger partial charge on any atom is -0.471 e. The Morgan fingerprint density at radius 3 is 2.25 bits per heavy atom. The second-order valence-corrected chi connectivity index (χ2v) is 4.73. The molecule has 0 aromatic carbocycles. The summed E-state index contributed by atoms with van der Waals surface area (Å²) in [5, 5.41) is 3.00. The highest BCUT2D eigenvalue weighted by atomic mass is 28.3. The molecule has 0 bridgehead atoms. The van der Waals surface area contributed by atoms with E-state index < -0.39 is 0 Å². The number of ether oxygens (including phenoxy) is 1. The highest BCUT2D eigenvalue weighted by Crippen LogP contribution is 1.75. The smallest absolute Gasteiger partial charge is 0.129 e. The van der Waals surface area contributed by atoms with E-state index in [4.69, 9.17) is 4.74 Å². The molecule has 0 aliphatic carbocycles. The molecule has 0 aromatic heterocycles. The van der Waals surface area contributed by atoms with Crippen LogP contribution in [-0.2, 0) is 8.85 Å². The van der Waals surface area contributed by atoms with Crippen LogP contribution in [0.15, 0.2) is 0 Å². The summed E-state index contributed by atoms with van der Waals surface area (Å²) < 4.78 is 9.36. The van der Waals surface area contributed by atoms with E-state index >= 15 is 0 Å². The molecule has 0 radical (unpaired) electrons. The molecule has 5 heteroatoms. The highest BCUT2D eigenvalue weighted by Gasteiger charge is 1.92. The zero-order valence-corrected chi connectivity index (χ0v) is 9.44. The monoisotopic (exact) mass is 151 g/mol. The zero-order chi connectivity index (χ0) is 6.24. The lowest BCUT2D eigenvalue weighted by molar-refractivity contribution is 0.194. The number of nitrogens with one attached hydrogen (secondary N) is 1. The van der Waals surface area contributed by atoms with E-state index in [9.17, 15) is 0 Å². The van der Waals surface area contributed by atoms with E-state index in [0.717, 1.165) is 40.9 Å². The van der Waals surface area contributed by atoms with E-state index in [1.54, 1.807) is 0 Å². The molecule has 0 amide bonds. The summed E-state index contributed by atoms with van der Waals surface area (Å²) in [5.41, 5.74) is 0. The van der Waals surface area contributed by atoms with Crippen molar-refractivity contribution in [3.8, 4) is 0 Å². The van der Waals surface area contributed by atoms with Crippen LogP contribution in [0.1, 0.15) is 0 Å². The molecule has 0 spiro atoms. The topological polar surface area (TPSA) is 30.5 Å². The molecular weight excluding hydrogens is 138 g/mol. The van der Waals surface area contributed by atoms with Crippen molar-refractivity contribution in [1.82, 2.24) is 5.32 Å². The van der Waals surface area contributed by atoms with Crippen LogP contribution >= 0.6 is 0 Å². The molecule has 0 atom stereocenters. The average Bonchev–Trinajstić information content (AvgIpc) is 2.17. The largest absolute Gasteiger partial charge is 0.471 e. The van der Waals surface area contributed by atoms with Gasteiger partial charge in [0.2, 0.25) is 0 Å². The maximum Gasteiger partial charge on any atom is 0.129 e. The predicted molar refractivity (Wildman–Crippen MR) is 39.8 cm³/mol. The van der Waals surface area contributed by atoms with Crippen LogP contribution in [0.25, 0.3) is 0 Å². The van der Waals surface area contributed by atoms with Gasteiger partial charge in [0.1, 0.15) is 21.0 Å². The van der Waals surface area contributed by atoms with E-state index in [-0.39, 0.29) is 0 Å². The summed E-state index contributed by atoms with van der Waals surface area (Å²) in [6.45, 7) is 2.67. The van der Waals surface area contributed by atoms with Crippen molar-refractivity contribution in [2.45, 2.75) is 0 Å². The van der Waals surface area contributed by atoms with Gasteiger partial charge in [-0.15, -0.1) is 0 Å². The van der Waals surface area contributed by atoms with Gasteiger partial charge in [-0.2, -0.15) is 0 Å². The third-order valence-corrected chi connectivity index (χ3v) is 0.627. The van der Waals surface area contributed by atoms with Gasteiger partial charge in [0.15, 0.2) is 0 Å². The predicted octanol–water partition coefficient (Wildman–Crippen LogP) is -2.87. The van der Waals surface area contributed by atoms with Crippen molar-refractivity contribution < 1.29 is 8.85 Å². The van der Waals surface area contributed by atoms with Gasteiger partial charge in [0.25, 0.3) is 0 Å². The maximum absolute atomic E-state index is 4.83. The number of hydrogen-bond donors (Lipinski definition) is 1. The first kappa shape index (κ1) is 8.31. The highest BCUT2D eigenvalue weighted by molar-refractivity contribution is 6.15. The molecule has 1 aliphatic rings. The SMILES string of the molecule is C1COCN1.[SiH3]O[SiH3]. The Morgan fingerprint density at radius 1 is 1.50 bits per heavy atom. The molecule has 1 aliphatic heterocycles. The normalized spacial score (nSPS) is 18.0. The van der Waals surface area contributed by atoms with Crippen molar-refractivity contribution in [1.29, 1.82) is 0 Å². The molecule has 50 valence electrons. The van der Waals surface area contributed by atoms with E-state index in [1.165, 1.54) is 0 Å². The Hall–Kier alpha value is 0.314. The maximum atomic E-state index is 4.83. The quantitative estimate of drug-likeness (QED) is 0.378. The van der Waals surface area contributed by atoms with Crippen LogP contribution < -0.4 is 5.32 Å². The fraction of sp³-hybridized carbons (Fsp3) is 1.00. The summed E-state index contributed by atoms with van der Waals surface area (Å²) in [6, 6.07) is 0. The van der Waals surface area contributed by atoms with Crippen LogP contribution in [-0.4, -0.2) is 40.9 Å². The molecule has 8 heavy (non-hydrogen) atoms. The molecule has 1 rings (SSSR count). The van der Waals surface area contributed by atoms with Gasteiger partial charge in [-0.1, -0.05) is 0 Å². The fourth-order valence-electron chi connectivity index (χ4n) is 0.361. The van der Waals surface area contributed by atoms with Gasteiger partial charge in [-0.3, -0.25) is 5.32 Å². The third-order valence-electron chi connectivity index (χ3n) is 0.627. The molecule has 0 aromatic rings. The van der Waals surface area contributed by atoms with Crippen LogP contribution in [0.3, 0.4) is 0 Å². The van der Waals surface area contributed by atoms with Crippen LogP contribution in [0, 0.1) is 0 Å². The molecule has 1 fully saturated rings. The molecule has 0 saturated carbocycles. The second kappa shape index (κ2) is 7.31. The summed E-state index contributed by atoms with van der Waals surface area (Å²) >= 11 is 0. The van der Waals surface area contributed by atoms with Crippen molar-refractivity contribution in [3.05, 3.63) is 0 Å². The van der Waals surface area contributed by atoms with E-state index in [2.05, 4.69) is 9.43 Å². The van der Waals surface area contributed by atoms with Gasteiger partial charge in [-0.25, -0.2) is 0 Å². The molecule has 1 heterocycles. The second-order valence-electron chi connectivity index (χ2n) is 1.46. The summed E-state index contributed by atoms with van der Waals surface area (Å²) in [4.78, 5) is 0.